The first-order valence-corrected chi connectivity index (χ1v) is 28.8. The van der Waals surface area contributed by atoms with Crippen molar-refractivity contribution in [2.45, 2.75) is 52.1 Å². The number of aromatic carboxylic acids is 1. The summed E-state index contributed by atoms with van der Waals surface area (Å²) in [4.78, 5) is 149. The molecule has 0 unspecified atom stereocenters. The number of aromatic amines is 1. The number of aliphatic hydroxyl groups is 1. The number of carbonyl (C=O) groups is 4. The van der Waals surface area contributed by atoms with E-state index in [0.717, 1.165) is 60.7 Å². The van der Waals surface area contributed by atoms with Gasteiger partial charge in [-0.05, 0) is 105 Å². The number of hydrogen-bond donors (Lipinski definition) is 6. The first-order chi connectivity index (χ1) is 48.4. The molecule has 0 saturated heterocycles. The van der Waals surface area contributed by atoms with Crippen LogP contribution in [0.25, 0.3) is 10.9 Å². The molecule has 9 rings (SSSR count). The maximum absolute atomic E-state index is 11.9. The molecule has 0 spiro atoms. The SMILES string of the molecule is CC(C)(C)OC(=O)Nc1ccc(C(=O)O)cc1.Nc1ccc(C(=O)OCc2cc([N+](=O)[O-])cc([N+](=O)[O-])c2)cc1.Nc1ccccc1C(=O)OCc1cc([N+](=O)[O-])cc([N+](=O)[O-])c1.O=[N+]([O-])c1cc(CCl)cc([N+](=O)[O-])c1.O=[N+]([O-])c1cc(CO)cc([N+](=O)[O-])c1.O=c1[nH]c2ccccc2c(=O)o1. The van der Waals surface area contributed by atoms with E-state index in [1.807, 2.05) is 0 Å². The number of nitrogens with one attached hydrogen (secondary N) is 2. The lowest BCUT2D eigenvalue weighted by molar-refractivity contribution is -0.394. The van der Waals surface area contributed by atoms with E-state index in [2.05, 4.69) is 14.7 Å². The summed E-state index contributed by atoms with van der Waals surface area (Å²) in [6, 6.07) is 37.2. The van der Waals surface area contributed by atoms with Crippen LogP contribution in [0, 0.1) is 80.9 Å². The van der Waals surface area contributed by atoms with Gasteiger partial charge in [-0.3, -0.25) is 91.2 Å². The zero-order chi connectivity index (χ0) is 77.0. The fourth-order valence-electron chi connectivity index (χ4n) is 7.73. The van der Waals surface area contributed by atoms with Gasteiger partial charge < -0.3 is 40.3 Å². The molecule has 0 aliphatic heterocycles. The first kappa shape index (κ1) is 80.9. The van der Waals surface area contributed by atoms with E-state index in [0.29, 0.717) is 27.8 Å². The number of fused-ring (bicyclic) bond motifs is 1. The number of carboxylic acids is 1. The van der Waals surface area contributed by atoms with Gasteiger partial charge in [0.1, 0.15) is 18.8 Å². The van der Waals surface area contributed by atoms with Crippen molar-refractivity contribution in [3.63, 3.8) is 0 Å². The predicted octanol–water partition coefficient (Wildman–Crippen LogP) is 11.3. The zero-order valence-corrected chi connectivity index (χ0v) is 53.9. The van der Waals surface area contributed by atoms with Gasteiger partial charge >= 0.3 is 35.4 Å². The molecule has 0 aliphatic rings. The number of nitro groups is 8. The minimum Gasteiger partial charge on any atom is -0.478 e. The van der Waals surface area contributed by atoms with Crippen molar-refractivity contribution in [3.8, 4) is 0 Å². The maximum atomic E-state index is 11.9. The summed E-state index contributed by atoms with van der Waals surface area (Å²) in [5.74, 6) is -3.12. The number of carbonyl (C=O) groups excluding carboxylic acids is 3. The van der Waals surface area contributed by atoms with Crippen LogP contribution < -0.4 is 28.2 Å². The Labute approximate surface area is 579 Å². The summed E-state index contributed by atoms with van der Waals surface area (Å²) in [5.41, 5.74) is 9.76. The molecular formula is C62H53ClN12O28. The summed E-state index contributed by atoms with van der Waals surface area (Å²) in [6.45, 7) is 4.14. The van der Waals surface area contributed by atoms with Crippen molar-refractivity contribution in [1.82, 2.24) is 4.98 Å². The zero-order valence-electron chi connectivity index (χ0n) is 53.1. The second-order valence-electron chi connectivity index (χ2n) is 21.0. The second-order valence-corrected chi connectivity index (χ2v) is 21.3. The molecule has 1 heterocycles. The number of alkyl halides is 1. The fourth-order valence-corrected chi connectivity index (χ4v) is 7.88. The van der Waals surface area contributed by atoms with Gasteiger partial charge in [0, 0.05) is 82.6 Å². The molecule has 0 fully saturated rings. The number of amides is 1. The van der Waals surface area contributed by atoms with Gasteiger partial charge in [0.2, 0.25) is 0 Å². The normalized spacial score (nSPS) is 10.1. The van der Waals surface area contributed by atoms with Crippen LogP contribution in [0.3, 0.4) is 0 Å². The molecule has 9 aromatic rings. The number of nitrogens with zero attached hydrogens (tertiary/aromatic N) is 8. The highest BCUT2D eigenvalue weighted by Gasteiger charge is 2.22. The molecule has 0 saturated carbocycles. The quantitative estimate of drug-likeness (QED) is 0.0116. The Morgan fingerprint density at radius 2 is 0.874 bits per heavy atom. The lowest BCUT2D eigenvalue weighted by atomic mass is 10.1. The number of rotatable bonds is 18. The first-order valence-electron chi connectivity index (χ1n) is 28.3. The second kappa shape index (κ2) is 37.8. The monoisotopic (exact) mass is 1450 g/mol. The van der Waals surface area contributed by atoms with E-state index >= 15 is 0 Å². The highest BCUT2D eigenvalue weighted by atomic mass is 35.5. The van der Waals surface area contributed by atoms with E-state index in [-0.39, 0.29) is 69.5 Å². The van der Waals surface area contributed by atoms with E-state index in [4.69, 9.17) is 47.5 Å². The molecule has 0 atom stereocenters. The number of H-pyrrole nitrogens is 1. The van der Waals surface area contributed by atoms with Crippen LogP contribution in [-0.4, -0.2) is 84.2 Å². The summed E-state index contributed by atoms with van der Waals surface area (Å²) >= 11 is 5.44. The smallest absolute Gasteiger partial charge is 0.419 e. The van der Waals surface area contributed by atoms with E-state index in [1.54, 1.807) is 57.2 Å². The number of esters is 2. The van der Waals surface area contributed by atoms with Gasteiger partial charge in [-0.2, -0.15) is 0 Å². The van der Waals surface area contributed by atoms with Crippen LogP contribution >= 0.6 is 11.6 Å². The largest absolute Gasteiger partial charge is 0.478 e. The standard InChI is InChI=1S/2C14H11N3O6.C12H15NO4.C8H5NO3.C7H5ClN2O4.C7H6N2O5/c15-11-3-1-10(2-4-11)14(18)23-8-9-5-12(16(19)20)7-13(6-9)17(21)22;15-13-4-2-1-3-12(13)14(18)23-8-9-5-10(16(19)20)7-11(6-9)17(21)22;1-12(2,3)17-11(16)13-9-6-4-8(5-7-9)10(14)15;10-7-5-3-1-2-4-6(5)9-8(11)12-7;8-4-5-1-6(9(11)12)3-7(2-5)10(13)14;10-4-5-1-6(8(11)12)3-7(2-5)9(13)14/h2*1-7H,8,15H2;4-7H,1-3H3,(H,13,16)(H,14,15);1-4H,(H,9,11);1-3H,4H2;1-3,10H,4H2. The Balaban J connectivity index is 0.000000266. The number of nitro benzene ring substituents is 8. The van der Waals surface area contributed by atoms with Crippen LogP contribution in [0.4, 0.5) is 67.4 Å². The lowest BCUT2D eigenvalue weighted by Crippen LogP contribution is -2.27. The molecule has 0 bridgehead atoms. The number of aromatic nitrogens is 1. The van der Waals surface area contributed by atoms with Gasteiger partial charge in [0.05, 0.1) is 97.9 Å². The van der Waals surface area contributed by atoms with Crippen LogP contribution in [0.15, 0.2) is 184 Å². The van der Waals surface area contributed by atoms with E-state index < -0.39 is 121 Å². The molecule has 0 radical (unpaired) electrons. The molecule has 103 heavy (non-hydrogen) atoms. The molecule has 1 aromatic heterocycles. The molecule has 41 heteroatoms. The van der Waals surface area contributed by atoms with Crippen molar-refractivity contribution >= 4 is 109 Å². The summed E-state index contributed by atoms with van der Waals surface area (Å²) in [7, 11) is 0. The third-order valence-electron chi connectivity index (χ3n) is 12.3. The number of nitrogen functional groups attached to an aromatic ring is 2. The van der Waals surface area contributed by atoms with Gasteiger partial charge in [0.15, 0.2) is 0 Å². The number of nitrogens with two attached hydrogens (primary N) is 2. The highest BCUT2D eigenvalue weighted by molar-refractivity contribution is 6.17. The molecule has 0 aliphatic carbocycles. The summed E-state index contributed by atoms with van der Waals surface area (Å²) in [5, 5.41) is 105. The van der Waals surface area contributed by atoms with Gasteiger partial charge in [0.25, 0.3) is 45.5 Å². The number of carboxylic acid groups (broad SMARTS) is 1. The maximum Gasteiger partial charge on any atom is 0.419 e. The summed E-state index contributed by atoms with van der Waals surface area (Å²) in [6.07, 6.45) is -0.569. The van der Waals surface area contributed by atoms with Crippen LogP contribution in [0.2, 0.25) is 0 Å². The molecular weight excluding hydrogens is 1400 g/mol. The summed E-state index contributed by atoms with van der Waals surface area (Å²) < 4.78 is 19.4. The van der Waals surface area contributed by atoms with Crippen molar-refractivity contribution < 1.29 is 87.4 Å². The fraction of sp³-hybridized carbons (Fsp3) is 0.129. The Morgan fingerprint density at radius 1 is 0.505 bits per heavy atom. The van der Waals surface area contributed by atoms with Gasteiger partial charge in [-0.1, -0.05) is 24.3 Å². The average molecular weight is 1450 g/mol. The molecule has 536 valence electrons. The third kappa shape index (κ3) is 26.8. The Bertz CT molecular complexity index is 4610. The van der Waals surface area contributed by atoms with E-state index in [9.17, 15) is 110 Å². The van der Waals surface area contributed by atoms with Gasteiger partial charge in [-0.25, -0.2) is 28.8 Å². The molecule has 1 amide bonds. The molecule has 40 nitrogen and oxygen atoms in total. The topological polar surface area (TPSA) is 609 Å². The number of para-hydroxylation sites is 2. The van der Waals surface area contributed by atoms with Crippen molar-refractivity contribution in [1.29, 1.82) is 0 Å². The van der Waals surface area contributed by atoms with Gasteiger partial charge in [-0.15, -0.1) is 11.6 Å². The van der Waals surface area contributed by atoms with Crippen LogP contribution in [0.5, 0.6) is 0 Å². The van der Waals surface area contributed by atoms with Crippen LogP contribution in [-0.2, 0) is 39.9 Å². The van der Waals surface area contributed by atoms with Crippen molar-refractivity contribution in [2.24, 2.45) is 0 Å². The Morgan fingerprint density at radius 3 is 1.25 bits per heavy atom. The van der Waals surface area contributed by atoms with E-state index in [1.165, 1.54) is 72.8 Å². The number of anilines is 3. The molecule has 8 N–H and O–H groups in total. The number of non-ortho nitro benzene ring substituents is 8. The minimum atomic E-state index is -1.01. The number of benzene rings is 8. The van der Waals surface area contributed by atoms with Crippen molar-refractivity contribution in [2.75, 3.05) is 16.8 Å². The number of hydrogen-bond acceptors (Lipinski definition) is 29. The van der Waals surface area contributed by atoms with Crippen molar-refractivity contribution in [3.05, 3.63) is 311 Å². The average Bonchev–Trinajstić information content (AvgIpc) is 0.849. The number of halogens is 1. The third-order valence-corrected chi connectivity index (χ3v) is 12.6. The number of ether oxygens (including phenoxy) is 3. The number of aliphatic hydroxyl groups excluding tert-OH is 1. The van der Waals surface area contributed by atoms with Crippen LogP contribution in [0.1, 0.15) is 74.1 Å². The minimum absolute atomic E-state index is 0.00250. The Hall–Kier alpha value is -14.6. The molecule has 8 aromatic carbocycles. The predicted molar refractivity (Wildman–Crippen MR) is 361 cm³/mol. The highest BCUT2D eigenvalue weighted by Crippen LogP contribution is 2.28. The Kier molecular flexibility index (Phi) is 29.7. The lowest BCUT2D eigenvalue weighted by Gasteiger charge is -2.19.